The molecule has 1 aliphatic heterocycles. The Morgan fingerprint density at radius 3 is 2.47 bits per heavy atom. The number of hydrogen-bond acceptors (Lipinski definition) is 4. The molecule has 1 fully saturated rings. The molecule has 168 valence electrons. The number of likely N-dealkylation sites (tertiary alicyclic amines) is 1. The second-order valence-corrected chi connectivity index (χ2v) is 7.49. The minimum Gasteiger partial charge on any atom is -0.469 e. The van der Waals surface area contributed by atoms with Crippen LogP contribution in [0.25, 0.3) is 0 Å². The molecule has 1 saturated heterocycles. The van der Waals surface area contributed by atoms with Crippen molar-refractivity contribution in [3.63, 3.8) is 0 Å². The molecule has 0 aromatic heterocycles. The fourth-order valence-electron chi connectivity index (χ4n) is 3.43. The summed E-state index contributed by atoms with van der Waals surface area (Å²) in [5.74, 6) is 0.684. The number of rotatable bonds is 8. The number of ether oxygens (including phenoxy) is 1. The summed E-state index contributed by atoms with van der Waals surface area (Å²) in [5.41, 5.74) is 1.69. The molecule has 1 aromatic carbocycles. The molecule has 2 unspecified atom stereocenters. The van der Waals surface area contributed by atoms with Crippen molar-refractivity contribution in [1.82, 2.24) is 15.5 Å². The molecule has 7 nitrogen and oxygen atoms in total. The van der Waals surface area contributed by atoms with Gasteiger partial charge in [-0.3, -0.25) is 9.59 Å². The quantitative estimate of drug-likeness (QED) is 0.178. The first-order chi connectivity index (χ1) is 14.0. The highest BCUT2D eigenvalue weighted by Crippen LogP contribution is 2.24. The van der Waals surface area contributed by atoms with Gasteiger partial charge >= 0.3 is 5.97 Å². The van der Waals surface area contributed by atoms with Gasteiger partial charge in [0.05, 0.1) is 19.6 Å². The predicted molar refractivity (Wildman–Crippen MR) is 130 cm³/mol. The Labute approximate surface area is 197 Å². The number of unbranched alkanes of at least 4 members (excludes halogenated alkanes) is 1. The first-order valence-corrected chi connectivity index (χ1v) is 10.5. The van der Waals surface area contributed by atoms with Crippen LogP contribution in [0.4, 0.5) is 0 Å². The summed E-state index contributed by atoms with van der Waals surface area (Å²) < 4.78 is 4.92. The Kier molecular flexibility index (Phi) is 11.8. The van der Waals surface area contributed by atoms with Crippen molar-refractivity contribution < 1.29 is 14.3 Å². The van der Waals surface area contributed by atoms with E-state index in [2.05, 4.69) is 29.4 Å². The molecule has 1 aliphatic rings. The van der Waals surface area contributed by atoms with Crippen LogP contribution in [0.5, 0.6) is 0 Å². The molecular formula is C22H35IN4O3. The summed E-state index contributed by atoms with van der Waals surface area (Å²) in [6, 6.07) is 7.55. The number of methoxy groups -OCH3 is 1. The number of guanidine groups is 1. The van der Waals surface area contributed by atoms with Crippen LogP contribution in [-0.2, 0) is 16.1 Å². The largest absolute Gasteiger partial charge is 0.469 e. The van der Waals surface area contributed by atoms with Gasteiger partial charge in [0.1, 0.15) is 0 Å². The molecule has 0 radical (unpaired) electrons. The van der Waals surface area contributed by atoms with Crippen LogP contribution in [-0.4, -0.2) is 56.0 Å². The molecule has 0 spiro atoms. The standard InChI is InChI=1S/C22H34N4O3.HI/c1-5-7-12-24-20(27)18-10-8-17(9-11-18)13-25-22(23-6-2)26-14-16(3)19(15-26)21(28)29-4;/h8-11,16,19H,5-7,12-15H2,1-4H3,(H,23,25)(H,24,27);1H. The molecule has 2 atom stereocenters. The molecule has 1 aromatic rings. The van der Waals surface area contributed by atoms with Crippen LogP contribution in [0.1, 0.15) is 49.5 Å². The lowest BCUT2D eigenvalue weighted by Crippen LogP contribution is -2.40. The number of halogens is 1. The van der Waals surface area contributed by atoms with Crippen LogP contribution in [0.3, 0.4) is 0 Å². The summed E-state index contributed by atoms with van der Waals surface area (Å²) in [7, 11) is 1.44. The normalized spacial score (nSPS) is 18.5. The maximum atomic E-state index is 12.1. The number of esters is 1. The van der Waals surface area contributed by atoms with E-state index in [0.29, 0.717) is 25.2 Å². The predicted octanol–water partition coefficient (Wildman–Crippen LogP) is 3.04. The van der Waals surface area contributed by atoms with Gasteiger partial charge in [0.2, 0.25) is 0 Å². The molecule has 0 bridgehead atoms. The van der Waals surface area contributed by atoms with Crippen LogP contribution in [0.15, 0.2) is 29.3 Å². The van der Waals surface area contributed by atoms with Crippen LogP contribution in [0, 0.1) is 11.8 Å². The van der Waals surface area contributed by atoms with Gasteiger partial charge in [-0.2, -0.15) is 0 Å². The van der Waals surface area contributed by atoms with Gasteiger partial charge in [-0.05, 0) is 37.0 Å². The third kappa shape index (κ3) is 7.45. The second kappa shape index (κ2) is 13.5. The highest BCUT2D eigenvalue weighted by atomic mass is 127. The topological polar surface area (TPSA) is 83.0 Å². The molecule has 0 saturated carbocycles. The third-order valence-corrected chi connectivity index (χ3v) is 5.19. The first-order valence-electron chi connectivity index (χ1n) is 10.5. The zero-order chi connectivity index (χ0) is 21.2. The van der Waals surface area contributed by atoms with E-state index in [9.17, 15) is 9.59 Å². The molecule has 2 rings (SSSR count). The highest BCUT2D eigenvalue weighted by Gasteiger charge is 2.36. The fraction of sp³-hybridized carbons (Fsp3) is 0.591. The van der Waals surface area contributed by atoms with Gasteiger partial charge < -0.3 is 20.3 Å². The number of aliphatic imine (C=N–C) groups is 1. The molecule has 1 heterocycles. The van der Waals surface area contributed by atoms with Gasteiger partial charge in [0.25, 0.3) is 5.91 Å². The number of hydrogen-bond donors (Lipinski definition) is 2. The maximum absolute atomic E-state index is 12.1. The van der Waals surface area contributed by atoms with E-state index in [1.807, 2.05) is 31.2 Å². The number of carbonyl (C=O) groups is 2. The Morgan fingerprint density at radius 1 is 1.17 bits per heavy atom. The number of amides is 1. The lowest BCUT2D eigenvalue weighted by Gasteiger charge is -2.21. The van der Waals surface area contributed by atoms with Crippen molar-refractivity contribution in [2.24, 2.45) is 16.8 Å². The number of carbonyl (C=O) groups excluding carboxylic acids is 2. The van der Waals surface area contributed by atoms with E-state index >= 15 is 0 Å². The smallest absolute Gasteiger partial charge is 0.310 e. The van der Waals surface area contributed by atoms with Crippen molar-refractivity contribution in [2.45, 2.75) is 40.2 Å². The minimum absolute atomic E-state index is 0. The Morgan fingerprint density at radius 2 is 1.87 bits per heavy atom. The van der Waals surface area contributed by atoms with Crippen molar-refractivity contribution in [3.05, 3.63) is 35.4 Å². The molecule has 0 aliphatic carbocycles. The number of nitrogens with zero attached hydrogens (tertiary/aromatic N) is 2. The second-order valence-electron chi connectivity index (χ2n) is 7.49. The van der Waals surface area contributed by atoms with E-state index in [1.54, 1.807) is 0 Å². The average Bonchev–Trinajstić information content (AvgIpc) is 3.12. The Balaban J connectivity index is 0.00000450. The summed E-state index contributed by atoms with van der Waals surface area (Å²) in [6.07, 6.45) is 2.04. The van der Waals surface area contributed by atoms with Crippen LogP contribution >= 0.6 is 24.0 Å². The van der Waals surface area contributed by atoms with Gasteiger partial charge in [0, 0.05) is 31.7 Å². The van der Waals surface area contributed by atoms with Gasteiger partial charge in [-0.15, -0.1) is 24.0 Å². The van der Waals surface area contributed by atoms with Crippen LogP contribution in [0.2, 0.25) is 0 Å². The molecular weight excluding hydrogens is 495 g/mol. The highest BCUT2D eigenvalue weighted by molar-refractivity contribution is 14.0. The summed E-state index contributed by atoms with van der Waals surface area (Å²) in [5, 5.41) is 6.24. The van der Waals surface area contributed by atoms with E-state index in [4.69, 9.17) is 9.73 Å². The summed E-state index contributed by atoms with van der Waals surface area (Å²) in [6.45, 7) is 9.53. The molecule has 8 heteroatoms. The lowest BCUT2D eigenvalue weighted by molar-refractivity contribution is -0.145. The van der Waals surface area contributed by atoms with Crippen molar-refractivity contribution >= 4 is 41.8 Å². The van der Waals surface area contributed by atoms with Gasteiger partial charge in [-0.1, -0.05) is 32.4 Å². The number of nitrogens with one attached hydrogen (secondary N) is 2. The van der Waals surface area contributed by atoms with E-state index in [-0.39, 0.29) is 47.7 Å². The SMILES string of the molecule is CCCCNC(=O)c1ccc(CN=C(NCC)N2CC(C)C(C(=O)OC)C2)cc1.I. The fourth-order valence-corrected chi connectivity index (χ4v) is 3.43. The zero-order valence-corrected chi connectivity index (χ0v) is 20.8. The zero-order valence-electron chi connectivity index (χ0n) is 18.4. The van der Waals surface area contributed by atoms with E-state index < -0.39 is 0 Å². The van der Waals surface area contributed by atoms with Crippen molar-refractivity contribution in [1.29, 1.82) is 0 Å². The molecule has 2 N–H and O–H groups in total. The van der Waals surface area contributed by atoms with Crippen molar-refractivity contribution in [2.75, 3.05) is 33.3 Å². The molecule has 30 heavy (non-hydrogen) atoms. The number of benzene rings is 1. The van der Waals surface area contributed by atoms with Gasteiger partial charge in [-0.25, -0.2) is 4.99 Å². The van der Waals surface area contributed by atoms with E-state index in [1.165, 1.54) is 7.11 Å². The lowest BCUT2D eigenvalue weighted by atomic mass is 9.99. The Hall–Kier alpha value is -1.84. The maximum Gasteiger partial charge on any atom is 0.310 e. The monoisotopic (exact) mass is 530 g/mol. The summed E-state index contributed by atoms with van der Waals surface area (Å²) >= 11 is 0. The van der Waals surface area contributed by atoms with E-state index in [0.717, 1.165) is 37.5 Å². The van der Waals surface area contributed by atoms with Gasteiger partial charge in [0.15, 0.2) is 5.96 Å². The first kappa shape index (κ1) is 26.2. The minimum atomic E-state index is -0.163. The van der Waals surface area contributed by atoms with Crippen molar-refractivity contribution in [3.8, 4) is 0 Å². The average molecular weight is 530 g/mol. The summed E-state index contributed by atoms with van der Waals surface area (Å²) in [4.78, 5) is 30.9. The third-order valence-electron chi connectivity index (χ3n) is 5.19. The molecule has 1 amide bonds. The Bertz CT molecular complexity index is 709. The van der Waals surface area contributed by atoms with Crippen LogP contribution < -0.4 is 10.6 Å².